The highest BCUT2D eigenvalue weighted by molar-refractivity contribution is 5.88. The Kier molecular flexibility index (Phi) is 6.05. The van der Waals surface area contributed by atoms with E-state index in [0.29, 0.717) is 11.1 Å². The number of nitrogens with zero attached hydrogens (tertiary/aromatic N) is 1. The fraction of sp³-hybridized carbons (Fsp3) is 0.111. The standard InChI is InChI=1S/C18H17N3O5/c1-26-16(22)10-8-12-7-9-14(15(11-12)21(24)25)20-17(18(19)23)13-5-3-2-4-6-13/h2-11,17,20H,1H3,(H2,19,23)/b10-8+. The van der Waals surface area contributed by atoms with Crippen molar-refractivity contribution >= 4 is 29.3 Å². The topological polar surface area (TPSA) is 125 Å². The molecule has 8 heteroatoms. The number of hydrogen-bond acceptors (Lipinski definition) is 6. The lowest BCUT2D eigenvalue weighted by atomic mass is 10.1. The minimum Gasteiger partial charge on any atom is -0.466 e. The van der Waals surface area contributed by atoms with E-state index in [-0.39, 0.29) is 11.4 Å². The van der Waals surface area contributed by atoms with E-state index in [4.69, 9.17) is 5.73 Å². The number of nitrogens with one attached hydrogen (secondary N) is 1. The van der Waals surface area contributed by atoms with E-state index in [1.54, 1.807) is 36.4 Å². The van der Waals surface area contributed by atoms with Crippen LogP contribution in [0.1, 0.15) is 17.2 Å². The summed E-state index contributed by atoms with van der Waals surface area (Å²) in [6.07, 6.45) is 2.55. The molecule has 2 aromatic rings. The smallest absolute Gasteiger partial charge is 0.330 e. The van der Waals surface area contributed by atoms with Crippen LogP contribution in [0.4, 0.5) is 11.4 Å². The average Bonchev–Trinajstić information content (AvgIpc) is 2.64. The lowest BCUT2D eigenvalue weighted by molar-refractivity contribution is -0.384. The number of hydrogen-bond donors (Lipinski definition) is 2. The first-order valence-corrected chi connectivity index (χ1v) is 7.57. The van der Waals surface area contributed by atoms with Crippen LogP contribution in [0.5, 0.6) is 0 Å². The van der Waals surface area contributed by atoms with Crippen molar-refractivity contribution < 1.29 is 19.2 Å². The molecule has 0 spiro atoms. The molecule has 26 heavy (non-hydrogen) atoms. The van der Waals surface area contributed by atoms with Crippen molar-refractivity contribution in [2.24, 2.45) is 5.73 Å². The molecule has 0 aliphatic rings. The van der Waals surface area contributed by atoms with Crippen molar-refractivity contribution in [3.63, 3.8) is 0 Å². The molecule has 2 rings (SSSR count). The number of carbonyl (C=O) groups excluding carboxylic acids is 2. The number of primary amides is 1. The molecule has 3 N–H and O–H groups in total. The fourth-order valence-corrected chi connectivity index (χ4v) is 2.28. The van der Waals surface area contributed by atoms with Gasteiger partial charge in [-0.2, -0.15) is 0 Å². The molecule has 0 heterocycles. The van der Waals surface area contributed by atoms with Gasteiger partial charge in [0.25, 0.3) is 5.69 Å². The van der Waals surface area contributed by atoms with Gasteiger partial charge in [-0.1, -0.05) is 36.4 Å². The van der Waals surface area contributed by atoms with Gasteiger partial charge in [0.1, 0.15) is 11.7 Å². The second kappa shape index (κ2) is 8.43. The van der Waals surface area contributed by atoms with Crippen molar-refractivity contribution in [1.82, 2.24) is 0 Å². The third kappa shape index (κ3) is 4.67. The molecule has 1 unspecified atom stereocenters. The Balaban J connectivity index is 2.36. The average molecular weight is 355 g/mol. The van der Waals surface area contributed by atoms with E-state index in [0.717, 1.165) is 6.08 Å². The molecule has 0 fully saturated rings. The van der Waals surface area contributed by atoms with E-state index in [2.05, 4.69) is 10.1 Å². The molecule has 0 saturated heterocycles. The maximum absolute atomic E-state index is 11.8. The van der Waals surface area contributed by atoms with Gasteiger partial charge in [-0.25, -0.2) is 4.79 Å². The van der Waals surface area contributed by atoms with E-state index >= 15 is 0 Å². The van der Waals surface area contributed by atoms with Crippen LogP contribution in [0.3, 0.4) is 0 Å². The van der Waals surface area contributed by atoms with Gasteiger partial charge in [0.2, 0.25) is 5.91 Å². The number of nitro groups is 1. The summed E-state index contributed by atoms with van der Waals surface area (Å²) in [7, 11) is 1.23. The van der Waals surface area contributed by atoms with Gasteiger partial charge in [0.05, 0.1) is 12.0 Å². The van der Waals surface area contributed by atoms with Crippen LogP contribution in [0.2, 0.25) is 0 Å². The van der Waals surface area contributed by atoms with Gasteiger partial charge >= 0.3 is 5.97 Å². The predicted molar refractivity (Wildman–Crippen MR) is 96.1 cm³/mol. The van der Waals surface area contributed by atoms with E-state index < -0.39 is 22.8 Å². The summed E-state index contributed by atoms with van der Waals surface area (Å²) in [5, 5.41) is 14.2. The second-order valence-electron chi connectivity index (χ2n) is 5.28. The van der Waals surface area contributed by atoms with Gasteiger partial charge < -0.3 is 15.8 Å². The number of methoxy groups -OCH3 is 1. The van der Waals surface area contributed by atoms with Crippen molar-refractivity contribution in [2.75, 3.05) is 12.4 Å². The van der Waals surface area contributed by atoms with Crippen LogP contribution < -0.4 is 11.1 Å². The normalized spacial score (nSPS) is 11.7. The predicted octanol–water partition coefficient (Wildman–Crippen LogP) is 2.42. The Bertz CT molecular complexity index is 849. The number of carbonyl (C=O) groups is 2. The summed E-state index contributed by atoms with van der Waals surface area (Å²) < 4.78 is 4.48. The summed E-state index contributed by atoms with van der Waals surface area (Å²) in [6, 6.07) is 12.0. The number of anilines is 1. The first kappa shape index (κ1) is 18.7. The summed E-state index contributed by atoms with van der Waals surface area (Å²) in [5.74, 6) is -1.24. The zero-order valence-electron chi connectivity index (χ0n) is 13.9. The first-order chi connectivity index (χ1) is 12.4. The minimum atomic E-state index is -0.925. The van der Waals surface area contributed by atoms with E-state index in [9.17, 15) is 19.7 Å². The minimum absolute atomic E-state index is 0.137. The second-order valence-corrected chi connectivity index (χ2v) is 5.28. The fourth-order valence-electron chi connectivity index (χ4n) is 2.28. The molecule has 0 aliphatic carbocycles. The molecule has 0 aliphatic heterocycles. The Morgan fingerprint density at radius 1 is 1.23 bits per heavy atom. The van der Waals surface area contributed by atoms with Crippen LogP contribution in [0, 0.1) is 10.1 Å². The molecule has 8 nitrogen and oxygen atoms in total. The highest BCUT2D eigenvalue weighted by Crippen LogP contribution is 2.29. The van der Waals surface area contributed by atoms with Crippen molar-refractivity contribution in [1.29, 1.82) is 0 Å². The molecule has 2 aromatic carbocycles. The van der Waals surface area contributed by atoms with Crippen LogP contribution in [0.15, 0.2) is 54.6 Å². The third-order valence-electron chi connectivity index (χ3n) is 3.55. The Labute approximate surface area is 149 Å². The first-order valence-electron chi connectivity index (χ1n) is 7.57. The number of nitrogens with two attached hydrogens (primary N) is 1. The largest absolute Gasteiger partial charge is 0.466 e. The lowest BCUT2D eigenvalue weighted by Gasteiger charge is -2.17. The van der Waals surface area contributed by atoms with Gasteiger partial charge in [-0.15, -0.1) is 0 Å². The van der Waals surface area contributed by atoms with Crippen molar-refractivity contribution in [2.45, 2.75) is 6.04 Å². The molecular formula is C18H17N3O5. The number of esters is 1. The van der Waals surface area contributed by atoms with Gasteiger partial charge in [0, 0.05) is 12.1 Å². The Morgan fingerprint density at radius 2 is 1.92 bits per heavy atom. The lowest BCUT2D eigenvalue weighted by Crippen LogP contribution is -2.27. The SMILES string of the molecule is COC(=O)/C=C/c1ccc(NC(C(N)=O)c2ccccc2)c([N+](=O)[O-])c1. The molecule has 1 atom stereocenters. The van der Waals surface area contributed by atoms with Crippen molar-refractivity contribution in [3.8, 4) is 0 Å². The molecule has 1 amide bonds. The molecular weight excluding hydrogens is 338 g/mol. The summed E-state index contributed by atoms with van der Waals surface area (Å²) >= 11 is 0. The molecule has 0 radical (unpaired) electrons. The van der Waals surface area contributed by atoms with E-state index in [1.807, 2.05) is 0 Å². The maximum atomic E-state index is 11.8. The zero-order valence-corrected chi connectivity index (χ0v) is 13.9. The van der Waals surface area contributed by atoms with Gasteiger partial charge in [0.15, 0.2) is 0 Å². The molecule has 134 valence electrons. The quantitative estimate of drug-likeness (QED) is 0.340. The maximum Gasteiger partial charge on any atom is 0.330 e. The third-order valence-corrected chi connectivity index (χ3v) is 3.55. The van der Waals surface area contributed by atoms with Crippen LogP contribution in [-0.2, 0) is 14.3 Å². The van der Waals surface area contributed by atoms with Crippen LogP contribution in [0.25, 0.3) is 6.08 Å². The van der Waals surface area contributed by atoms with E-state index in [1.165, 1.54) is 25.3 Å². The number of rotatable bonds is 7. The monoisotopic (exact) mass is 355 g/mol. The van der Waals surface area contributed by atoms with Gasteiger partial charge in [-0.3, -0.25) is 14.9 Å². The van der Waals surface area contributed by atoms with Crippen molar-refractivity contribution in [3.05, 3.63) is 75.8 Å². The summed E-state index contributed by atoms with van der Waals surface area (Å²) in [5.41, 5.74) is 6.34. The zero-order chi connectivity index (χ0) is 19.1. The van der Waals surface area contributed by atoms with Crippen LogP contribution >= 0.6 is 0 Å². The van der Waals surface area contributed by atoms with Gasteiger partial charge in [-0.05, 0) is 23.3 Å². The summed E-state index contributed by atoms with van der Waals surface area (Å²) in [6.45, 7) is 0. The number of benzene rings is 2. The van der Waals surface area contributed by atoms with Crippen LogP contribution in [-0.4, -0.2) is 23.9 Å². The Hall–Kier alpha value is -3.68. The summed E-state index contributed by atoms with van der Waals surface area (Å²) in [4.78, 5) is 33.7. The highest BCUT2D eigenvalue weighted by Gasteiger charge is 2.22. The molecule has 0 saturated carbocycles. The Morgan fingerprint density at radius 3 is 2.50 bits per heavy atom. The molecule has 0 bridgehead atoms. The molecule has 0 aromatic heterocycles. The number of nitro benzene ring substituents is 1. The number of ether oxygens (including phenoxy) is 1. The highest BCUT2D eigenvalue weighted by atomic mass is 16.6. The number of amides is 1.